The molecule has 1 aromatic carbocycles. The zero-order chi connectivity index (χ0) is 21.8. The van der Waals surface area contributed by atoms with Crippen LogP contribution in [0.4, 0.5) is 11.5 Å². The maximum Gasteiger partial charge on any atom is 0.251 e. The summed E-state index contributed by atoms with van der Waals surface area (Å²) in [7, 11) is 0. The number of rotatable bonds is 7. The molecular formula is C23H25N7O2. The molecule has 0 spiro atoms. The van der Waals surface area contributed by atoms with Gasteiger partial charge in [0, 0.05) is 43.0 Å². The van der Waals surface area contributed by atoms with Gasteiger partial charge in [-0.2, -0.15) is 0 Å². The molecule has 1 fully saturated rings. The maximum atomic E-state index is 5.75. The van der Waals surface area contributed by atoms with Gasteiger partial charge in [-0.3, -0.25) is 9.88 Å². The van der Waals surface area contributed by atoms with Crippen molar-refractivity contribution >= 4 is 22.4 Å². The molecule has 3 N–H and O–H groups in total. The number of nitrogen functional groups attached to an aromatic ring is 1. The molecule has 0 unspecified atom stereocenters. The molecule has 3 aromatic heterocycles. The second-order valence-electron chi connectivity index (χ2n) is 7.73. The Kier molecular flexibility index (Phi) is 5.91. The minimum absolute atomic E-state index is 0.439. The molecule has 0 aliphatic carbocycles. The minimum Gasteiger partial charge on any atom is -0.423 e. The van der Waals surface area contributed by atoms with E-state index in [0.29, 0.717) is 11.7 Å². The molecule has 164 valence electrons. The summed E-state index contributed by atoms with van der Waals surface area (Å²) < 4.78 is 10.9. The number of nitrogens with two attached hydrogens (primary N) is 1. The van der Waals surface area contributed by atoms with E-state index in [2.05, 4.69) is 36.4 Å². The van der Waals surface area contributed by atoms with Crippen molar-refractivity contribution in [1.29, 1.82) is 0 Å². The SMILES string of the molecule is Nc1ccc(-c2ccc3ncc(-c4nnco4)c(NCCCN4CCOCC4)c3c2)cn1. The van der Waals surface area contributed by atoms with Gasteiger partial charge in [0.15, 0.2) is 0 Å². The standard InChI is InChI=1S/C23H25N7O2/c24-21-5-3-17(13-27-21)16-2-4-20-18(12-16)22(19(14-26-20)23-29-28-15-32-23)25-6-1-7-30-8-10-31-11-9-30/h2-5,12-15H,1,6-11H2,(H2,24,27)(H,25,26). The first-order valence-corrected chi connectivity index (χ1v) is 10.7. The van der Waals surface area contributed by atoms with E-state index in [4.69, 9.17) is 14.9 Å². The summed E-state index contributed by atoms with van der Waals surface area (Å²) >= 11 is 0. The normalized spacial score (nSPS) is 14.6. The molecule has 1 saturated heterocycles. The fourth-order valence-electron chi connectivity index (χ4n) is 3.93. The van der Waals surface area contributed by atoms with Crippen molar-refractivity contribution in [2.45, 2.75) is 6.42 Å². The monoisotopic (exact) mass is 431 g/mol. The number of hydrogen-bond acceptors (Lipinski definition) is 9. The summed E-state index contributed by atoms with van der Waals surface area (Å²) in [6, 6.07) is 9.93. The van der Waals surface area contributed by atoms with E-state index >= 15 is 0 Å². The number of aromatic nitrogens is 4. The number of ether oxygens (including phenoxy) is 1. The zero-order valence-corrected chi connectivity index (χ0v) is 17.7. The summed E-state index contributed by atoms with van der Waals surface area (Å²) in [6.45, 7) is 5.44. The van der Waals surface area contributed by atoms with E-state index < -0.39 is 0 Å². The number of pyridine rings is 2. The van der Waals surface area contributed by atoms with Gasteiger partial charge in [-0.15, -0.1) is 10.2 Å². The lowest BCUT2D eigenvalue weighted by atomic mass is 10.0. The minimum atomic E-state index is 0.439. The molecular weight excluding hydrogens is 406 g/mol. The Morgan fingerprint density at radius 3 is 2.69 bits per heavy atom. The van der Waals surface area contributed by atoms with Crippen LogP contribution < -0.4 is 11.1 Å². The summed E-state index contributed by atoms with van der Waals surface area (Å²) in [5, 5.41) is 12.5. The highest BCUT2D eigenvalue weighted by Gasteiger charge is 2.16. The van der Waals surface area contributed by atoms with Crippen LogP contribution in [0.1, 0.15) is 6.42 Å². The van der Waals surface area contributed by atoms with Gasteiger partial charge in [0.2, 0.25) is 6.39 Å². The average Bonchev–Trinajstić information content (AvgIpc) is 3.37. The van der Waals surface area contributed by atoms with Crippen LogP contribution in [0, 0.1) is 0 Å². The largest absolute Gasteiger partial charge is 0.423 e. The van der Waals surface area contributed by atoms with Crippen LogP contribution in [0.2, 0.25) is 0 Å². The molecule has 4 aromatic rings. The Morgan fingerprint density at radius 2 is 1.91 bits per heavy atom. The predicted molar refractivity (Wildman–Crippen MR) is 123 cm³/mol. The lowest BCUT2D eigenvalue weighted by molar-refractivity contribution is 0.0378. The summed E-state index contributed by atoms with van der Waals surface area (Å²) in [5.41, 5.74) is 10.4. The van der Waals surface area contributed by atoms with Crippen LogP contribution >= 0.6 is 0 Å². The topological polar surface area (TPSA) is 115 Å². The first kappa shape index (κ1) is 20.3. The summed E-state index contributed by atoms with van der Waals surface area (Å²) in [4.78, 5) is 11.3. The third kappa shape index (κ3) is 4.39. The van der Waals surface area contributed by atoms with Gasteiger partial charge in [-0.05, 0) is 42.8 Å². The fraction of sp³-hybridized carbons (Fsp3) is 0.304. The molecule has 5 rings (SSSR count). The Labute approximate surface area is 185 Å². The number of hydrogen-bond donors (Lipinski definition) is 2. The van der Waals surface area contributed by atoms with Gasteiger partial charge in [0.25, 0.3) is 5.89 Å². The molecule has 9 nitrogen and oxygen atoms in total. The Hall–Kier alpha value is -3.56. The van der Waals surface area contributed by atoms with Crippen molar-refractivity contribution in [2.24, 2.45) is 0 Å². The summed E-state index contributed by atoms with van der Waals surface area (Å²) in [6.07, 6.45) is 5.90. The van der Waals surface area contributed by atoms with E-state index in [0.717, 1.165) is 79.1 Å². The molecule has 1 aliphatic rings. The van der Waals surface area contributed by atoms with Crippen molar-refractivity contribution in [2.75, 3.05) is 50.4 Å². The van der Waals surface area contributed by atoms with Crippen molar-refractivity contribution in [3.63, 3.8) is 0 Å². The number of benzene rings is 1. The molecule has 32 heavy (non-hydrogen) atoms. The smallest absolute Gasteiger partial charge is 0.251 e. The van der Waals surface area contributed by atoms with E-state index in [1.165, 1.54) is 6.39 Å². The highest BCUT2D eigenvalue weighted by Crippen LogP contribution is 2.35. The fourth-order valence-corrected chi connectivity index (χ4v) is 3.93. The highest BCUT2D eigenvalue weighted by molar-refractivity contribution is 6.00. The van der Waals surface area contributed by atoms with Crippen molar-refractivity contribution in [3.05, 3.63) is 49.1 Å². The summed E-state index contributed by atoms with van der Waals surface area (Å²) in [5.74, 6) is 0.937. The zero-order valence-electron chi connectivity index (χ0n) is 17.7. The number of nitrogens with one attached hydrogen (secondary N) is 1. The molecule has 1 aliphatic heterocycles. The van der Waals surface area contributed by atoms with Gasteiger partial charge >= 0.3 is 0 Å². The highest BCUT2D eigenvalue weighted by atomic mass is 16.5. The van der Waals surface area contributed by atoms with Crippen LogP contribution in [0.3, 0.4) is 0 Å². The molecule has 0 amide bonds. The van der Waals surface area contributed by atoms with Crippen LogP contribution in [-0.4, -0.2) is 64.5 Å². The van der Waals surface area contributed by atoms with Crippen molar-refractivity contribution < 1.29 is 9.15 Å². The number of anilines is 2. The van der Waals surface area contributed by atoms with Gasteiger partial charge in [0.05, 0.1) is 30.0 Å². The first-order valence-electron chi connectivity index (χ1n) is 10.7. The second-order valence-corrected chi connectivity index (χ2v) is 7.73. The van der Waals surface area contributed by atoms with Crippen LogP contribution in [0.15, 0.2) is 53.5 Å². The molecule has 4 heterocycles. The molecule has 0 bridgehead atoms. The molecule has 0 saturated carbocycles. The molecule has 0 radical (unpaired) electrons. The van der Waals surface area contributed by atoms with E-state index in [-0.39, 0.29) is 0 Å². The van der Waals surface area contributed by atoms with Gasteiger partial charge in [-0.25, -0.2) is 4.98 Å². The van der Waals surface area contributed by atoms with Crippen molar-refractivity contribution in [1.82, 2.24) is 25.1 Å². The Morgan fingerprint density at radius 1 is 1.03 bits per heavy atom. The number of fused-ring (bicyclic) bond motifs is 1. The van der Waals surface area contributed by atoms with Crippen LogP contribution in [0.5, 0.6) is 0 Å². The van der Waals surface area contributed by atoms with Crippen LogP contribution in [-0.2, 0) is 4.74 Å². The number of morpholine rings is 1. The van der Waals surface area contributed by atoms with Gasteiger partial charge < -0.3 is 20.2 Å². The molecule has 9 heteroatoms. The van der Waals surface area contributed by atoms with Gasteiger partial charge in [0.1, 0.15) is 5.82 Å². The Balaban J connectivity index is 1.46. The Bertz CT molecular complexity index is 1170. The number of nitrogens with zero attached hydrogens (tertiary/aromatic N) is 5. The lowest BCUT2D eigenvalue weighted by Gasteiger charge is -2.26. The molecule has 0 atom stereocenters. The third-order valence-electron chi connectivity index (χ3n) is 5.63. The average molecular weight is 432 g/mol. The first-order chi connectivity index (χ1) is 15.8. The quantitative estimate of drug-likeness (QED) is 0.426. The van der Waals surface area contributed by atoms with E-state index in [9.17, 15) is 0 Å². The third-order valence-corrected chi connectivity index (χ3v) is 5.63. The van der Waals surface area contributed by atoms with E-state index in [1.54, 1.807) is 18.5 Å². The van der Waals surface area contributed by atoms with Crippen molar-refractivity contribution in [3.8, 4) is 22.6 Å². The second kappa shape index (κ2) is 9.29. The predicted octanol–water partition coefficient (Wildman–Crippen LogP) is 3.06. The van der Waals surface area contributed by atoms with Crippen LogP contribution in [0.25, 0.3) is 33.5 Å². The van der Waals surface area contributed by atoms with Gasteiger partial charge in [-0.1, -0.05) is 6.07 Å². The van der Waals surface area contributed by atoms with E-state index in [1.807, 2.05) is 18.2 Å². The lowest BCUT2D eigenvalue weighted by Crippen LogP contribution is -2.37. The maximum absolute atomic E-state index is 5.75.